The van der Waals surface area contributed by atoms with Crippen LogP contribution in [0.5, 0.6) is 0 Å². The average Bonchev–Trinajstić information content (AvgIpc) is 2.78. The number of halogens is 1. The van der Waals surface area contributed by atoms with Gasteiger partial charge >= 0.3 is 28.9 Å². The Kier molecular flexibility index (Phi) is 7.00. The number of aromatic nitrogens is 2. The molecule has 0 amide bonds. The van der Waals surface area contributed by atoms with E-state index in [1.807, 2.05) is 4.98 Å². The lowest BCUT2D eigenvalue weighted by Crippen LogP contribution is -2.35. The molecule has 2 rings (SSSR count). The van der Waals surface area contributed by atoms with Crippen LogP contribution >= 0.6 is 23.2 Å². The van der Waals surface area contributed by atoms with Gasteiger partial charge in [0, 0.05) is 18.1 Å². The van der Waals surface area contributed by atoms with E-state index in [0.29, 0.717) is 10.6 Å². The molecular weight excluding hydrogens is 468 g/mol. The van der Waals surface area contributed by atoms with Crippen molar-refractivity contribution in [3.63, 3.8) is 0 Å². The molecule has 0 saturated carbocycles. The van der Waals surface area contributed by atoms with Crippen molar-refractivity contribution >= 4 is 23.2 Å². The summed E-state index contributed by atoms with van der Waals surface area (Å²) in [6.45, 7) is 0. The summed E-state index contributed by atoms with van der Waals surface area (Å²) in [6, 6.07) is 0.878. The minimum atomic E-state index is -5.68. The SMILES string of the molecule is O=c1ccn(C2O[C@H](/C=C/P(=O)(O)OP(=O)(O)OP(=O)(O)O)[C@@H](O)[C@H]2F)c(=O)[nH]1. The number of alkyl halides is 1. The van der Waals surface area contributed by atoms with E-state index in [1.165, 1.54) is 0 Å². The van der Waals surface area contributed by atoms with Crippen molar-refractivity contribution in [1.29, 1.82) is 0 Å². The number of phosphoric acid groups is 2. The van der Waals surface area contributed by atoms with Crippen LogP contribution in [0.25, 0.3) is 0 Å². The van der Waals surface area contributed by atoms with Crippen molar-refractivity contribution in [3.8, 4) is 0 Å². The molecular formula is C10H14FN2O13P3. The fourth-order valence-corrected chi connectivity index (χ4v) is 5.44. The zero-order valence-corrected chi connectivity index (χ0v) is 16.5. The van der Waals surface area contributed by atoms with Crippen molar-refractivity contribution in [3.05, 3.63) is 45.0 Å². The number of aliphatic hydroxyl groups is 1. The molecule has 0 spiro atoms. The summed E-state index contributed by atoms with van der Waals surface area (Å²) in [5, 5.41) is 9.83. The van der Waals surface area contributed by atoms with Gasteiger partial charge in [-0.05, 0) is 6.08 Å². The highest BCUT2D eigenvalue weighted by Gasteiger charge is 2.45. The van der Waals surface area contributed by atoms with Gasteiger partial charge in [0.15, 0.2) is 12.4 Å². The Labute approximate surface area is 159 Å². The van der Waals surface area contributed by atoms with Crippen molar-refractivity contribution in [2.24, 2.45) is 0 Å². The summed E-state index contributed by atoms with van der Waals surface area (Å²) in [5.41, 5.74) is -1.84. The molecule has 1 aromatic rings. The maximum atomic E-state index is 14.3. The van der Waals surface area contributed by atoms with Crippen molar-refractivity contribution < 1.29 is 56.1 Å². The minimum absolute atomic E-state index is 0.178. The summed E-state index contributed by atoms with van der Waals surface area (Å²) in [4.78, 5) is 60.0. The number of hydrogen-bond donors (Lipinski definition) is 6. The predicted octanol–water partition coefficient (Wildman–Crippen LogP) is -0.942. The van der Waals surface area contributed by atoms with E-state index in [1.54, 1.807) is 0 Å². The van der Waals surface area contributed by atoms with Crippen molar-refractivity contribution in [1.82, 2.24) is 9.55 Å². The second kappa shape index (κ2) is 8.46. The maximum absolute atomic E-state index is 14.3. The summed E-state index contributed by atoms with van der Waals surface area (Å²) in [7, 11) is -16.4. The number of aromatic amines is 1. The molecule has 29 heavy (non-hydrogen) atoms. The van der Waals surface area contributed by atoms with Gasteiger partial charge < -0.3 is 29.4 Å². The smallest absolute Gasteiger partial charge is 0.387 e. The predicted molar refractivity (Wildman–Crippen MR) is 89.1 cm³/mol. The molecule has 2 heterocycles. The van der Waals surface area contributed by atoms with Crippen molar-refractivity contribution in [2.45, 2.75) is 24.6 Å². The molecule has 0 bridgehead atoms. The Morgan fingerprint density at radius 2 is 1.79 bits per heavy atom. The third-order valence-electron chi connectivity index (χ3n) is 3.25. The summed E-state index contributed by atoms with van der Waals surface area (Å²) >= 11 is 0. The molecule has 6 atom stereocenters. The Morgan fingerprint density at radius 3 is 2.34 bits per heavy atom. The van der Waals surface area contributed by atoms with Crippen LogP contribution < -0.4 is 11.2 Å². The molecule has 0 aromatic carbocycles. The van der Waals surface area contributed by atoms with Gasteiger partial charge in [-0.3, -0.25) is 18.9 Å². The summed E-state index contributed by atoms with van der Waals surface area (Å²) < 4.78 is 60.6. The molecule has 1 aliphatic rings. The first-order valence-corrected chi connectivity index (χ1v) is 11.9. The molecule has 3 unspecified atom stereocenters. The fraction of sp³-hybridized carbons (Fsp3) is 0.400. The van der Waals surface area contributed by atoms with Crippen LogP contribution in [0.1, 0.15) is 6.23 Å². The van der Waals surface area contributed by atoms with Gasteiger partial charge in [0.25, 0.3) is 5.56 Å². The van der Waals surface area contributed by atoms with Crippen LogP contribution in [0.15, 0.2) is 33.7 Å². The molecule has 19 heteroatoms. The molecule has 6 N–H and O–H groups in total. The first kappa shape index (κ1) is 24.0. The van der Waals surface area contributed by atoms with Crippen LogP contribution in [0.2, 0.25) is 0 Å². The molecule has 164 valence electrons. The third-order valence-corrected chi connectivity index (χ3v) is 7.24. The minimum Gasteiger partial charge on any atom is -0.387 e. The first-order valence-electron chi connectivity index (χ1n) is 7.22. The van der Waals surface area contributed by atoms with E-state index in [2.05, 4.69) is 8.62 Å². The van der Waals surface area contributed by atoms with E-state index in [0.717, 1.165) is 12.3 Å². The van der Waals surface area contributed by atoms with Gasteiger partial charge in [-0.25, -0.2) is 22.6 Å². The van der Waals surface area contributed by atoms with Crippen molar-refractivity contribution in [2.75, 3.05) is 0 Å². The van der Waals surface area contributed by atoms with Crippen LogP contribution in [0, 0.1) is 0 Å². The topological polar surface area (TPSA) is 235 Å². The molecule has 15 nitrogen and oxygen atoms in total. The monoisotopic (exact) mass is 482 g/mol. The number of nitrogens with one attached hydrogen (secondary N) is 1. The maximum Gasteiger partial charge on any atom is 0.488 e. The second-order valence-corrected chi connectivity index (χ2v) is 10.1. The Hall–Kier alpha value is -1.28. The molecule has 1 aliphatic heterocycles. The van der Waals surface area contributed by atoms with Crippen LogP contribution in [-0.2, 0) is 27.1 Å². The molecule has 1 aromatic heterocycles. The van der Waals surface area contributed by atoms with E-state index >= 15 is 0 Å². The standard InChI is InChI=1S/C10H14FN2O13P3/c11-7-8(15)5(24-9(7)13-3-1-6(14)12-10(13)16)2-4-27(17,18)25-29(22,23)26-28(19,20)21/h1-5,7-9,15H,(H,17,18)(H,22,23)(H,12,14,16)(H2,19,20,21)/b4-2+/t5-,7-,8-,9?/m1/s1. The lowest BCUT2D eigenvalue weighted by atomic mass is 10.1. The number of rotatable bonds is 7. The zero-order chi connectivity index (χ0) is 22.2. The van der Waals surface area contributed by atoms with E-state index < -0.39 is 59.1 Å². The normalized spacial score (nSPS) is 29.6. The molecule has 0 radical (unpaired) electrons. The second-order valence-electron chi connectivity index (χ2n) is 5.47. The highest BCUT2D eigenvalue weighted by Crippen LogP contribution is 2.66. The number of aliphatic hydroxyl groups excluding tert-OH is 1. The number of hydrogen-bond acceptors (Lipinski definition) is 9. The molecule has 1 saturated heterocycles. The number of nitrogens with zero attached hydrogens (tertiary/aromatic N) is 1. The van der Waals surface area contributed by atoms with E-state index in [-0.39, 0.29) is 5.82 Å². The van der Waals surface area contributed by atoms with Gasteiger partial charge in [0.2, 0.25) is 0 Å². The Balaban J connectivity index is 2.16. The van der Waals surface area contributed by atoms with E-state index in [9.17, 15) is 37.7 Å². The third kappa shape index (κ3) is 6.60. The van der Waals surface area contributed by atoms with Crippen LogP contribution in [0.4, 0.5) is 4.39 Å². The summed E-state index contributed by atoms with van der Waals surface area (Å²) in [5.74, 6) is 0.178. The fourth-order valence-electron chi connectivity index (χ4n) is 2.19. The van der Waals surface area contributed by atoms with Gasteiger partial charge in [-0.2, -0.15) is 4.31 Å². The molecule has 1 fully saturated rings. The van der Waals surface area contributed by atoms with Gasteiger partial charge in [-0.1, -0.05) is 0 Å². The average molecular weight is 482 g/mol. The zero-order valence-electron chi connectivity index (χ0n) is 13.8. The van der Waals surface area contributed by atoms with Crippen LogP contribution in [0.3, 0.4) is 0 Å². The summed E-state index contributed by atoms with van der Waals surface area (Å²) in [6.07, 6.45) is -6.13. The lowest BCUT2D eigenvalue weighted by Gasteiger charge is -2.15. The Morgan fingerprint density at radius 1 is 1.17 bits per heavy atom. The van der Waals surface area contributed by atoms with Gasteiger partial charge in [0.1, 0.15) is 12.2 Å². The number of H-pyrrole nitrogens is 1. The molecule has 0 aliphatic carbocycles. The highest BCUT2D eigenvalue weighted by molar-refractivity contribution is 7.69. The van der Waals surface area contributed by atoms with E-state index in [4.69, 9.17) is 19.4 Å². The van der Waals surface area contributed by atoms with Crippen LogP contribution in [-0.4, -0.2) is 52.6 Å². The largest absolute Gasteiger partial charge is 0.488 e. The van der Waals surface area contributed by atoms with Gasteiger partial charge in [-0.15, -0.1) is 0 Å². The highest BCUT2D eigenvalue weighted by atomic mass is 31.3. The Bertz CT molecular complexity index is 1050. The first-order chi connectivity index (χ1) is 13.1. The van der Waals surface area contributed by atoms with Gasteiger partial charge in [0.05, 0.1) is 0 Å². The lowest BCUT2D eigenvalue weighted by molar-refractivity contribution is -0.00699. The quantitative estimate of drug-likeness (QED) is 0.258. The number of ether oxygens (including phenoxy) is 1.